The SMILES string of the molecule is CCC(C)N1CCN(Cc2cc(F)cc(C#N)c2)CC1. The second-order valence-corrected chi connectivity index (χ2v) is 5.53. The molecule has 1 aliphatic heterocycles. The predicted molar refractivity (Wildman–Crippen MR) is 77.7 cm³/mol. The van der Waals surface area contributed by atoms with Gasteiger partial charge in [0, 0.05) is 38.8 Å². The van der Waals surface area contributed by atoms with Crippen LogP contribution in [0.4, 0.5) is 4.39 Å². The van der Waals surface area contributed by atoms with Crippen molar-refractivity contribution < 1.29 is 4.39 Å². The van der Waals surface area contributed by atoms with Gasteiger partial charge < -0.3 is 0 Å². The Morgan fingerprint density at radius 3 is 2.55 bits per heavy atom. The lowest BCUT2D eigenvalue weighted by atomic mass is 10.1. The van der Waals surface area contributed by atoms with Crippen molar-refractivity contribution in [2.45, 2.75) is 32.9 Å². The molecule has 2 rings (SSSR count). The summed E-state index contributed by atoms with van der Waals surface area (Å²) in [4.78, 5) is 4.83. The summed E-state index contributed by atoms with van der Waals surface area (Å²) < 4.78 is 13.4. The van der Waals surface area contributed by atoms with Crippen molar-refractivity contribution >= 4 is 0 Å². The smallest absolute Gasteiger partial charge is 0.124 e. The van der Waals surface area contributed by atoms with Gasteiger partial charge in [-0.3, -0.25) is 9.80 Å². The quantitative estimate of drug-likeness (QED) is 0.846. The van der Waals surface area contributed by atoms with E-state index >= 15 is 0 Å². The van der Waals surface area contributed by atoms with Crippen molar-refractivity contribution in [2.75, 3.05) is 26.2 Å². The zero-order valence-electron chi connectivity index (χ0n) is 12.3. The number of nitriles is 1. The molecule has 4 heteroatoms. The van der Waals surface area contributed by atoms with E-state index in [4.69, 9.17) is 5.26 Å². The minimum Gasteiger partial charge on any atom is -0.298 e. The van der Waals surface area contributed by atoms with Gasteiger partial charge in [0.25, 0.3) is 0 Å². The molecule has 1 atom stereocenters. The lowest BCUT2D eigenvalue weighted by molar-refractivity contribution is 0.0963. The van der Waals surface area contributed by atoms with Gasteiger partial charge in [-0.25, -0.2) is 4.39 Å². The molecule has 1 aromatic rings. The first-order chi connectivity index (χ1) is 9.62. The molecule has 1 aliphatic rings. The van der Waals surface area contributed by atoms with Gasteiger partial charge >= 0.3 is 0 Å². The molecule has 3 nitrogen and oxygen atoms in total. The molecule has 1 fully saturated rings. The molecule has 0 aromatic heterocycles. The number of halogens is 1. The molecule has 0 N–H and O–H groups in total. The Hall–Kier alpha value is -1.44. The Bertz CT molecular complexity index is 487. The van der Waals surface area contributed by atoms with Crippen LogP contribution in [0, 0.1) is 17.1 Å². The average molecular weight is 275 g/mol. The molecular weight excluding hydrogens is 253 g/mol. The molecule has 108 valence electrons. The first-order valence-electron chi connectivity index (χ1n) is 7.28. The van der Waals surface area contributed by atoms with E-state index in [9.17, 15) is 4.39 Å². The third-order valence-corrected chi connectivity index (χ3v) is 4.11. The Balaban J connectivity index is 1.93. The summed E-state index contributed by atoms with van der Waals surface area (Å²) in [5.74, 6) is -0.322. The van der Waals surface area contributed by atoms with Gasteiger partial charge in [-0.1, -0.05) is 6.92 Å². The standard InChI is InChI=1S/C16H22FN3/c1-3-13(2)20-6-4-19(5-7-20)12-15-8-14(11-18)9-16(17)10-15/h8-10,13H,3-7,12H2,1-2H3. The monoisotopic (exact) mass is 275 g/mol. The molecule has 1 unspecified atom stereocenters. The van der Waals surface area contributed by atoms with Gasteiger partial charge in [-0.05, 0) is 37.1 Å². The van der Waals surface area contributed by atoms with Crippen LogP contribution >= 0.6 is 0 Å². The third-order valence-electron chi connectivity index (χ3n) is 4.11. The van der Waals surface area contributed by atoms with Crippen molar-refractivity contribution in [2.24, 2.45) is 0 Å². The number of rotatable bonds is 4. The zero-order valence-corrected chi connectivity index (χ0v) is 12.3. The molecular formula is C16H22FN3. The highest BCUT2D eigenvalue weighted by Crippen LogP contribution is 2.14. The number of hydrogen-bond acceptors (Lipinski definition) is 3. The minimum atomic E-state index is -0.322. The third kappa shape index (κ3) is 3.78. The summed E-state index contributed by atoms with van der Waals surface area (Å²) in [6.07, 6.45) is 1.18. The lowest BCUT2D eigenvalue weighted by Crippen LogP contribution is -2.49. The van der Waals surface area contributed by atoms with Crippen LogP contribution in [-0.2, 0) is 6.54 Å². The van der Waals surface area contributed by atoms with Crippen LogP contribution in [-0.4, -0.2) is 42.0 Å². The molecule has 1 saturated heterocycles. The highest BCUT2D eigenvalue weighted by atomic mass is 19.1. The van der Waals surface area contributed by atoms with Crippen LogP contribution in [0.25, 0.3) is 0 Å². The summed E-state index contributed by atoms with van der Waals surface area (Å²) in [6, 6.07) is 7.24. The van der Waals surface area contributed by atoms with E-state index < -0.39 is 0 Å². The first-order valence-corrected chi connectivity index (χ1v) is 7.28. The largest absolute Gasteiger partial charge is 0.298 e. The molecule has 0 spiro atoms. The normalized spacial score (nSPS) is 18.7. The second kappa shape index (κ2) is 6.83. The minimum absolute atomic E-state index is 0.322. The zero-order chi connectivity index (χ0) is 14.5. The van der Waals surface area contributed by atoms with Crippen molar-refractivity contribution in [1.82, 2.24) is 9.80 Å². The summed E-state index contributed by atoms with van der Waals surface area (Å²) >= 11 is 0. The second-order valence-electron chi connectivity index (χ2n) is 5.53. The fraction of sp³-hybridized carbons (Fsp3) is 0.562. The summed E-state index contributed by atoms with van der Waals surface area (Å²) in [6.45, 7) is 9.34. The van der Waals surface area contributed by atoms with E-state index in [-0.39, 0.29) is 5.82 Å². The highest BCUT2D eigenvalue weighted by molar-refractivity contribution is 5.33. The maximum Gasteiger partial charge on any atom is 0.124 e. The molecule has 0 bridgehead atoms. The predicted octanol–water partition coefficient (Wildman–Crippen LogP) is 2.61. The lowest BCUT2D eigenvalue weighted by Gasteiger charge is -2.37. The Morgan fingerprint density at radius 1 is 1.25 bits per heavy atom. The molecule has 1 aromatic carbocycles. The van der Waals surface area contributed by atoms with E-state index in [1.807, 2.05) is 6.07 Å². The molecule has 1 heterocycles. The van der Waals surface area contributed by atoms with Gasteiger partial charge in [0.2, 0.25) is 0 Å². The number of hydrogen-bond donors (Lipinski definition) is 0. The van der Waals surface area contributed by atoms with Crippen LogP contribution in [0.3, 0.4) is 0 Å². The van der Waals surface area contributed by atoms with E-state index in [0.717, 1.165) is 38.3 Å². The summed E-state index contributed by atoms with van der Waals surface area (Å²) in [5, 5.41) is 8.88. The van der Waals surface area contributed by atoms with E-state index in [1.54, 1.807) is 6.07 Å². The Labute approximate surface area is 120 Å². The highest BCUT2D eigenvalue weighted by Gasteiger charge is 2.20. The number of nitrogens with zero attached hydrogens (tertiary/aromatic N) is 3. The maximum absolute atomic E-state index is 13.4. The topological polar surface area (TPSA) is 30.3 Å². The van der Waals surface area contributed by atoms with Crippen molar-refractivity contribution in [1.29, 1.82) is 5.26 Å². The van der Waals surface area contributed by atoms with Gasteiger partial charge in [0.15, 0.2) is 0 Å². The summed E-state index contributed by atoms with van der Waals surface area (Å²) in [5.41, 5.74) is 1.29. The molecule has 0 radical (unpaired) electrons. The van der Waals surface area contributed by atoms with Crippen LogP contribution in [0.5, 0.6) is 0 Å². The van der Waals surface area contributed by atoms with Crippen molar-refractivity contribution in [3.63, 3.8) is 0 Å². The van der Waals surface area contributed by atoms with Crippen molar-refractivity contribution in [3.05, 3.63) is 35.1 Å². The van der Waals surface area contributed by atoms with Crippen LogP contribution in [0.15, 0.2) is 18.2 Å². The van der Waals surface area contributed by atoms with Gasteiger partial charge in [-0.2, -0.15) is 5.26 Å². The van der Waals surface area contributed by atoms with Gasteiger partial charge in [0.1, 0.15) is 5.82 Å². The summed E-state index contributed by atoms with van der Waals surface area (Å²) in [7, 11) is 0. The van der Waals surface area contributed by atoms with Gasteiger partial charge in [-0.15, -0.1) is 0 Å². The van der Waals surface area contributed by atoms with E-state index in [2.05, 4.69) is 23.6 Å². The van der Waals surface area contributed by atoms with Crippen LogP contribution < -0.4 is 0 Å². The molecule has 0 amide bonds. The van der Waals surface area contributed by atoms with E-state index in [0.29, 0.717) is 11.6 Å². The first kappa shape index (κ1) is 15.0. The van der Waals surface area contributed by atoms with E-state index in [1.165, 1.54) is 18.6 Å². The fourth-order valence-corrected chi connectivity index (χ4v) is 2.68. The number of benzene rings is 1. The molecule has 0 saturated carbocycles. The van der Waals surface area contributed by atoms with Crippen LogP contribution in [0.1, 0.15) is 31.4 Å². The molecule has 20 heavy (non-hydrogen) atoms. The number of piperazine rings is 1. The average Bonchev–Trinajstić information content (AvgIpc) is 2.46. The van der Waals surface area contributed by atoms with Gasteiger partial charge in [0.05, 0.1) is 11.6 Å². The molecule has 0 aliphatic carbocycles. The van der Waals surface area contributed by atoms with Crippen LogP contribution in [0.2, 0.25) is 0 Å². The Kier molecular flexibility index (Phi) is 5.11. The van der Waals surface area contributed by atoms with Crippen molar-refractivity contribution in [3.8, 4) is 6.07 Å². The fourth-order valence-electron chi connectivity index (χ4n) is 2.68. The Morgan fingerprint density at radius 2 is 1.95 bits per heavy atom. The maximum atomic E-state index is 13.4.